The zero-order valence-corrected chi connectivity index (χ0v) is 12.3. The van der Waals surface area contributed by atoms with Gasteiger partial charge >= 0.3 is 0 Å². The van der Waals surface area contributed by atoms with Crippen LogP contribution in [0.25, 0.3) is 0 Å². The lowest BCUT2D eigenvalue weighted by Crippen LogP contribution is -2.30. The van der Waals surface area contributed by atoms with Crippen molar-refractivity contribution in [2.75, 3.05) is 11.4 Å². The fourth-order valence-corrected chi connectivity index (χ4v) is 3.11. The SMILES string of the molecule is CCCCCN1C(=O)C(=O)c2cc(Cl)cc(Br)c21. The lowest BCUT2D eigenvalue weighted by Gasteiger charge is -2.17. The van der Waals surface area contributed by atoms with Crippen molar-refractivity contribution < 1.29 is 9.59 Å². The zero-order chi connectivity index (χ0) is 13.3. The molecule has 0 saturated heterocycles. The van der Waals surface area contributed by atoms with Crippen LogP contribution in [0.5, 0.6) is 0 Å². The molecule has 1 aliphatic rings. The summed E-state index contributed by atoms with van der Waals surface area (Å²) >= 11 is 9.28. The smallest absolute Gasteiger partial charge is 0.299 e. The Kier molecular flexibility index (Phi) is 4.07. The maximum atomic E-state index is 11.9. The lowest BCUT2D eigenvalue weighted by molar-refractivity contribution is -0.114. The molecule has 1 aliphatic heterocycles. The molecule has 3 nitrogen and oxygen atoms in total. The van der Waals surface area contributed by atoms with E-state index in [1.165, 1.54) is 0 Å². The van der Waals surface area contributed by atoms with Gasteiger partial charge in [-0.1, -0.05) is 31.4 Å². The second-order valence-electron chi connectivity index (χ2n) is 4.28. The molecule has 1 heterocycles. The first-order valence-corrected chi connectivity index (χ1v) is 7.08. The normalized spacial score (nSPS) is 14.3. The Bertz CT molecular complexity index is 516. The molecule has 2 rings (SSSR count). The van der Waals surface area contributed by atoms with Crippen LogP contribution in [-0.2, 0) is 4.79 Å². The van der Waals surface area contributed by atoms with Crippen LogP contribution in [-0.4, -0.2) is 18.2 Å². The van der Waals surface area contributed by atoms with Gasteiger partial charge in [-0.25, -0.2) is 0 Å². The summed E-state index contributed by atoms with van der Waals surface area (Å²) in [4.78, 5) is 25.4. The summed E-state index contributed by atoms with van der Waals surface area (Å²) in [6.45, 7) is 2.67. The van der Waals surface area contributed by atoms with E-state index in [4.69, 9.17) is 11.6 Å². The molecule has 18 heavy (non-hydrogen) atoms. The number of hydrogen-bond donors (Lipinski definition) is 0. The highest BCUT2D eigenvalue weighted by molar-refractivity contribution is 9.10. The molecule has 0 fully saturated rings. The van der Waals surface area contributed by atoms with Gasteiger partial charge in [0.15, 0.2) is 0 Å². The molecular formula is C13H13BrClNO2. The molecule has 0 saturated carbocycles. The zero-order valence-electron chi connectivity index (χ0n) is 10.0. The van der Waals surface area contributed by atoms with Crippen molar-refractivity contribution in [1.29, 1.82) is 0 Å². The summed E-state index contributed by atoms with van der Waals surface area (Å²) < 4.78 is 0.695. The lowest BCUT2D eigenvalue weighted by atomic mass is 10.1. The predicted molar refractivity (Wildman–Crippen MR) is 75.4 cm³/mol. The van der Waals surface area contributed by atoms with E-state index in [-0.39, 0.29) is 0 Å². The van der Waals surface area contributed by atoms with E-state index in [9.17, 15) is 9.59 Å². The fourth-order valence-electron chi connectivity index (χ4n) is 2.09. The summed E-state index contributed by atoms with van der Waals surface area (Å²) in [5, 5.41) is 0.456. The minimum absolute atomic E-state index is 0.399. The Hall–Kier alpha value is -0.870. The Morgan fingerprint density at radius 3 is 2.67 bits per heavy atom. The van der Waals surface area contributed by atoms with Crippen molar-refractivity contribution in [2.24, 2.45) is 0 Å². The Morgan fingerprint density at radius 1 is 1.28 bits per heavy atom. The van der Waals surface area contributed by atoms with Gasteiger partial charge in [0.1, 0.15) is 0 Å². The number of anilines is 1. The largest absolute Gasteiger partial charge is 0.304 e. The third kappa shape index (κ3) is 2.31. The van der Waals surface area contributed by atoms with E-state index < -0.39 is 11.7 Å². The molecule has 5 heteroatoms. The second-order valence-corrected chi connectivity index (χ2v) is 5.57. The Labute approximate surface area is 119 Å². The van der Waals surface area contributed by atoms with Crippen LogP contribution < -0.4 is 4.90 Å². The van der Waals surface area contributed by atoms with Crippen molar-refractivity contribution >= 4 is 44.9 Å². The predicted octanol–water partition coefficient (Wildman–Crippen LogP) is 3.82. The van der Waals surface area contributed by atoms with Gasteiger partial charge in [0.2, 0.25) is 0 Å². The number of Topliss-reactive ketones (excluding diaryl/α,β-unsaturated/α-hetero) is 1. The molecule has 0 aliphatic carbocycles. The van der Waals surface area contributed by atoms with Gasteiger partial charge < -0.3 is 4.90 Å². The van der Waals surface area contributed by atoms with Crippen LogP contribution in [0.15, 0.2) is 16.6 Å². The minimum Gasteiger partial charge on any atom is -0.304 e. The molecule has 96 valence electrons. The topological polar surface area (TPSA) is 37.4 Å². The van der Waals surface area contributed by atoms with Gasteiger partial charge in [0.25, 0.3) is 11.7 Å². The van der Waals surface area contributed by atoms with Crippen LogP contribution in [0.3, 0.4) is 0 Å². The van der Waals surface area contributed by atoms with E-state index in [0.29, 0.717) is 27.3 Å². The average molecular weight is 331 g/mol. The highest BCUT2D eigenvalue weighted by Crippen LogP contribution is 2.38. The molecule has 0 unspecified atom stereocenters. The molecule has 1 aromatic rings. The number of ketones is 1. The van der Waals surface area contributed by atoms with Crippen LogP contribution >= 0.6 is 27.5 Å². The van der Waals surface area contributed by atoms with Crippen molar-refractivity contribution in [3.63, 3.8) is 0 Å². The molecule has 0 N–H and O–H groups in total. The highest BCUT2D eigenvalue weighted by Gasteiger charge is 2.37. The number of hydrogen-bond acceptors (Lipinski definition) is 2. The van der Waals surface area contributed by atoms with Crippen molar-refractivity contribution in [3.05, 3.63) is 27.2 Å². The van der Waals surface area contributed by atoms with Gasteiger partial charge in [0.05, 0.1) is 11.3 Å². The molecule has 0 radical (unpaired) electrons. The molecule has 1 aromatic carbocycles. The number of rotatable bonds is 4. The van der Waals surface area contributed by atoms with E-state index in [1.54, 1.807) is 17.0 Å². The highest BCUT2D eigenvalue weighted by atomic mass is 79.9. The van der Waals surface area contributed by atoms with Gasteiger partial charge in [-0.2, -0.15) is 0 Å². The minimum atomic E-state index is -0.468. The summed E-state index contributed by atoms with van der Waals surface area (Å²) in [6.07, 6.45) is 3.01. The van der Waals surface area contributed by atoms with Gasteiger partial charge in [0, 0.05) is 16.0 Å². The number of fused-ring (bicyclic) bond motifs is 1. The number of nitrogens with zero attached hydrogens (tertiary/aromatic N) is 1. The standard InChI is InChI=1S/C13H13BrClNO2/c1-2-3-4-5-16-11-9(12(17)13(16)18)6-8(15)7-10(11)14/h6-7H,2-5H2,1H3. The first-order chi connectivity index (χ1) is 8.56. The van der Waals surface area contributed by atoms with E-state index in [1.807, 2.05) is 0 Å². The quantitative estimate of drug-likeness (QED) is 0.621. The van der Waals surface area contributed by atoms with Crippen LogP contribution in [0.2, 0.25) is 5.02 Å². The molecule has 0 spiro atoms. The molecule has 1 amide bonds. The fraction of sp³-hybridized carbons (Fsp3) is 0.385. The van der Waals surface area contributed by atoms with Gasteiger partial charge in [-0.15, -0.1) is 0 Å². The van der Waals surface area contributed by atoms with Crippen LogP contribution in [0, 0.1) is 0 Å². The number of amides is 1. The third-order valence-electron chi connectivity index (χ3n) is 2.97. The van der Waals surface area contributed by atoms with Crippen molar-refractivity contribution in [1.82, 2.24) is 0 Å². The summed E-state index contributed by atoms with van der Waals surface area (Å²) in [7, 11) is 0. The van der Waals surface area contributed by atoms with E-state index >= 15 is 0 Å². The average Bonchev–Trinajstić information content (AvgIpc) is 2.55. The molecular weight excluding hydrogens is 318 g/mol. The maximum Gasteiger partial charge on any atom is 0.299 e. The van der Waals surface area contributed by atoms with Crippen molar-refractivity contribution in [2.45, 2.75) is 26.2 Å². The van der Waals surface area contributed by atoms with E-state index in [0.717, 1.165) is 19.3 Å². The van der Waals surface area contributed by atoms with Crippen molar-refractivity contribution in [3.8, 4) is 0 Å². The van der Waals surface area contributed by atoms with E-state index in [2.05, 4.69) is 22.9 Å². The summed E-state index contributed by atoms with van der Waals surface area (Å²) in [5.41, 5.74) is 1.06. The number of carbonyl (C=O) groups is 2. The molecule has 0 atom stereocenters. The first kappa shape index (κ1) is 13.6. The number of halogens is 2. The number of benzene rings is 1. The first-order valence-electron chi connectivity index (χ1n) is 5.91. The third-order valence-corrected chi connectivity index (χ3v) is 3.79. The molecule has 0 aromatic heterocycles. The van der Waals surface area contributed by atoms with Crippen LogP contribution in [0.1, 0.15) is 36.5 Å². The molecule has 0 bridgehead atoms. The Balaban J connectivity index is 2.36. The summed E-state index contributed by atoms with van der Waals surface area (Å²) in [5.74, 6) is -0.922. The monoisotopic (exact) mass is 329 g/mol. The Morgan fingerprint density at radius 2 is 2.00 bits per heavy atom. The summed E-state index contributed by atoms with van der Waals surface area (Å²) in [6, 6.07) is 3.26. The van der Waals surface area contributed by atoms with Gasteiger partial charge in [-0.05, 0) is 34.5 Å². The second kappa shape index (κ2) is 5.41. The van der Waals surface area contributed by atoms with Gasteiger partial charge in [-0.3, -0.25) is 9.59 Å². The maximum absolute atomic E-state index is 11.9. The number of carbonyl (C=O) groups excluding carboxylic acids is 2. The number of unbranched alkanes of at least 4 members (excludes halogenated alkanes) is 2. The van der Waals surface area contributed by atoms with Crippen LogP contribution in [0.4, 0.5) is 5.69 Å².